The van der Waals surface area contributed by atoms with Gasteiger partial charge in [0.25, 0.3) is 0 Å². The van der Waals surface area contributed by atoms with Crippen molar-refractivity contribution in [2.75, 3.05) is 21.3 Å². The predicted molar refractivity (Wildman–Crippen MR) is 98.9 cm³/mol. The number of methoxy groups -OCH3 is 3. The van der Waals surface area contributed by atoms with Crippen molar-refractivity contribution in [3.63, 3.8) is 0 Å². The van der Waals surface area contributed by atoms with Gasteiger partial charge in [0.2, 0.25) is 0 Å². The van der Waals surface area contributed by atoms with Crippen molar-refractivity contribution in [1.82, 2.24) is 14.8 Å². The molecule has 0 spiro atoms. The third kappa shape index (κ3) is 3.33. The number of nitrogens with one attached hydrogen (secondary N) is 1. The summed E-state index contributed by atoms with van der Waals surface area (Å²) >= 11 is 11.6. The molecular weight excluding hydrogens is 362 g/mol. The molecule has 8 heteroatoms. The molecule has 0 aliphatic heterocycles. The third-order valence-corrected chi connectivity index (χ3v) is 4.17. The Kier molecular flexibility index (Phi) is 4.96. The average molecular weight is 378 g/mol. The summed E-state index contributed by atoms with van der Waals surface area (Å²) in [4.78, 5) is 0. The van der Waals surface area contributed by atoms with Gasteiger partial charge in [-0.05, 0) is 42.5 Å². The summed E-state index contributed by atoms with van der Waals surface area (Å²) in [5, 5.41) is 7.73. The van der Waals surface area contributed by atoms with E-state index in [0.717, 1.165) is 5.56 Å². The summed E-state index contributed by atoms with van der Waals surface area (Å²) < 4.78 is 18.3. The summed E-state index contributed by atoms with van der Waals surface area (Å²) in [7, 11) is 4.77. The molecule has 1 N–H and O–H groups in total. The Bertz CT molecular complexity index is 946. The van der Waals surface area contributed by atoms with Crippen molar-refractivity contribution in [2.24, 2.45) is 0 Å². The van der Waals surface area contributed by atoms with E-state index in [1.807, 2.05) is 12.1 Å². The molecule has 6 nitrogen and oxygen atoms in total. The molecule has 130 valence electrons. The van der Waals surface area contributed by atoms with E-state index in [2.05, 4.69) is 10.2 Å². The first-order chi connectivity index (χ1) is 12.1. The second kappa shape index (κ2) is 7.16. The van der Waals surface area contributed by atoms with Crippen LogP contribution in [-0.2, 0) is 0 Å². The zero-order chi connectivity index (χ0) is 18.0. The first-order valence-electron chi connectivity index (χ1n) is 7.32. The van der Waals surface area contributed by atoms with Gasteiger partial charge in [-0.15, -0.1) is 0 Å². The maximum Gasteiger partial charge on any atom is 0.200 e. The molecule has 0 amide bonds. The predicted octanol–water partition coefficient (Wildman–Crippen LogP) is 4.28. The number of ether oxygens (including phenoxy) is 3. The van der Waals surface area contributed by atoms with Crippen molar-refractivity contribution in [2.45, 2.75) is 0 Å². The SMILES string of the molecule is COc1cc(OC)cc(-c2n[nH]c(=S)n2-c2cc(Cl)ccc2OC)c1. The third-order valence-electron chi connectivity index (χ3n) is 3.66. The van der Waals surface area contributed by atoms with Crippen molar-refractivity contribution in [3.8, 4) is 34.3 Å². The molecule has 2 aromatic carbocycles. The van der Waals surface area contributed by atoms with Crippen LogP contribution in [0.25, 0.3) is 17.1 Å². The fourth-order valence-electron chi connectivity index (χ4n) is 2.49. The van der Waals surface area contributed by atoms with Crippen LogP contribution in [0.15, 0.2) is 36.4 Å². The molecule has 0 saturated heterocycles. The van der Waals surface area contributed by atoms with E-state index >= 15 is 0 Å². The number of hydrogen-bond donors (Lipinski definition) is 1. The molecule has 0 radical (unpaired) electrons. The first kappa shape index (κ1) is 17.3. The second-order valence-electron chi connectivity index (χ2n) is 5.11. The quantitative estimate of drug-likeness (QED) is 0.672. The van der Waals surface area contributed by atoms with Crippen molar-refractivity contribution in [3.05, 3.63) is 46.2 Å². The second-order valence-corrected chi connectivity index (χ2v) is 5.93. The number of rotatable bonds is 5. The maximum absolute atomic E-state index is 6.16. The number of benzene rings is 2. The Morgan fingerprint density at radius 1 is 1.00 bits per heavy atom. The van der Waals surface area contributed by atoms with Crippen LogP contribution < -0.4 is 14.2 Å². The molecule has 1 aromatic heterocycles. The molecule has 3 aromatic rings. The lowest BCUT2D eigenvalue weighted by Gasteiger charge is -2.13. The van der Waals surface area contributed by atoms with Gasteiger partial charge >= 0.3 is 0 Å². The van der Waals surface area contributed by atoms with Crippen LogP contribution in [0.1, 0.15) is 0 Å². The van der Waals surface area contributed by atoms with Gasteiger partial charge in [0.1, 0.15) is 17.2 Å². The number of H-pyrrole nitrogens is 1. The zero-order valence-electron chi connectivity index (χ0n) is 13.9. The minimum absolute atomic E-state index is 0.414. The van der Waals surface area contributed by atoms with Gasteiger partial charge in [-0.1, -0.05) is 11.6 Å². The van der Waals surface area contributed by atoms with E-state index in [4.69, 9.17) is 38.0 Å². The van der Waals surface area contributed by atoms with Crippen LogP contribution in [0.4, 0.5) is 0 Å². The van der Waals surface area contributed by atoms with Gasteiger partial charge in [0, 0.05) is 16.7 Å². The molecule has 0 aliphatic carbocycles. The van der Waals surface area contributed by atoms with Crippen molar-refractivity contribution in [1.29, 1.82) is 0 Å². The topological polar surface area (TPSA) is 61.3 Å². The van der Waals surface area contributed by atoms with E-state index in [1.54, 1.807) is 50.2 Å². The van der Waals surface area contributed by atoms with Gasteiger partial charge in [-0.3, -0.25) is 9.67 Å². The van der Waals surface area contributed by atoms with Crippen molar-refractivity contribution < 1.29 is 14.2 Å². The molecule has 3 rings (SSSR count). The largest absolute Gasteiger partial charge is 0.497 e. The summed E-state index contributed by atoms with van der Waals surface area (Å²) in [6.07, 6.45) is 0. The standard InChI is InChI=1S/C17H16ClN3O3S/c1-22-12-6-10(7-13(9-12)23-2)16-19-20-17(25)21(16)14-8-11(18)4-5-15(14)24-3/h4-9H,1-3H3,(H,20,25). The molecule has 1 heterocycles. The lowest BCUT2D eigenvalue weighted by atomic mass is 10.1. The van der Waals surface area contributed by atoms with Crippen LogP contribution in [0.5, 0.6) is 17.2 Å². The van der Waals surface area contributed by atoms with Crippen LogP contribution in [0.3, 0.4) is 0 Å². The average Bonchev–Trinajstić information content (AvgIpc) is 3.02. The smallest absolute Gasteiger partial charge is 0.200 e. The summed E-state index contributed by atoms with van der Waals surface area (Å²) in [5.74, 6) is 2.50. The first-order valence-corrected chi connectivity index (χ1v) is 8.10. The van der Waals surface area contributed by atoms with E-state index < -0.39 is 0 Å². The zero-order valence-corrected chi connectivity index (χ0v) is 15.4. The Balaban J connectivity index is 2.26. The number of hydrogen-bond acceptors (Lipinski definition) is 5. The molecule has 0 fully saturated rings. The van der Waals surface area contributed by atoms with Crippen LogP contribution in [-0.4, -0.2) is 36.1 Å². The molecule has 0 saturated carbocycles. The number of nitrogens with zero attached hydrogens (tertiary/aromatic N) is 2. The molecule has 0 unspecified atom stereocenters. The van der Waals surface area contributed by atoms with Gasteiger partial charge in [0.15, 0.2) is 10.6 Å². The molecule has 0 bridgehead atoms. The number of aromatic nitrogens is 3. The Morgan fingerprint density at radius 2 is 1.68 bits per heavy atom. The van der Waals surface area contributed by atoms with Gasteiger partial charge in [0.05, 0.1) is 27.0 Å². The van der Waals surface area contributed by atoms with Gasteiger partial charge in [-0.2, -0.15) is 5.10 Å². The number of halogens is 1. The molecule has 0 atom stereocenters. The lowest BCUT2D eigenvalue weighted by Crippen LogP contribution is -2.01. The van der Waals surface area contributed by atoms with E-state index in [-0.39, 0.29) is 0 Å². The highest BCUT2D eigenvalue weighted by molar-refractivity contribution is 7.71. The Morgan fingerprint density at radius 3 is 2.28 bits per heavy atom. The Hall–Kier alpha value is -2.51. The van der Waals surface area contributed by atoms with Crippen LogP contribution in [0.2, 0.25) is 5.02 Å². The van der Waals surface area contributed by atoms with Crippen LogP contribution >= 0.6 is 23.8 Å². The van der Waals surface area contributed by atoms with E-state index in [9.17, 15) is 0 Å². The van der Waals surface area contributed by atoms with Crippen molar-refractivity contribution >= 4 is 23.8 Å². The van der Waals surface area contributed by atoms with E-state index in [1.165, 1.54) is 0 Å². The highest BCUT2D eigenvalue weighted by Gasteiger charge is 2.16. The minimum Gasteiger partial charge on any atom is -0.497 e. The lowest BCUT2D eigenvalue weighted by molar-refractivity contribution is 0.394. The summed E-state index contributed by atoms with van der Waals surface area (Å²) in [6.45, 7) is 0. The van der Waals surface area contributed by atoms with Crippen LogP contribution in [0, 0.1) is 4.77 Å². The van der Waals surface area contributed by atoms with Gasteiger partial charge < -0.3 is 14.2 Å². The fourth-order valence-corrected chi connectivity index (χ4v) is 2.89. The minimum atomic E-state index is 0.414. The fraction of sp³-hybridized carbons (Fsp3) is 0.176. The summed E-state index contributed by atoms with van der Waals surface area (Å²) in [6, 6.07) is 10.8. The van der Waals surface area contributed by atoms with Gasteiger partial charge in [-0.25, -0.2) is 0 Å². The number of aromatic amines is 1. The Labute approximate surface area is 154 Å². The maximum atomic E-state index is 6.16. The molecule has 0 aliphatic rings. The van der Waals surface area contributed by atoms with E-state index in [0.29, 0.717) is 38.6 Å². The normalized spacial score (nSPS) is 10.6. The highest BCUT2D eigenvalue weighted by atomic mass is 35.5. The summed E-state index contributed by atoms with van der Waals surface area (Å²) in [5.41, 5.74) is 1.45. The molecule has 25 heavy (non-hydrogen) atoms. The highest BCUT2D eigenvalue weighted by Crippen LogP contribution is 2.33. The monoisotopic (exact) mass is 377 g/mol. The molecular formula is C17H16ClN3O3S.